The predicted octanol–water partition coefficient (Wildman–Crippen LogP) is 2.70. The molecule has 0 radical (unpaired) electrons. The normalized spacial score (nSPS) is 10.2. The van der Waals surface area contributed by atoms with E-state index in [0.29, 0.717) is 10.2 Å². The Labute approximate surface area is 130 Å². The van der Waals surface area contributed by atoms with Crippen molar-refractivity contribution in [1.29, 1.82) is 0 Å². The average Bonchev–Trinajstić information content (AvgIpc) is 2.49. The Morgan fingerprint density at radius 3 is 2.62 bits per heavy atom. The van der Waals surface area contributed by atoms with E-state index in [1.807, 2.05) is 24.3 Å². The Morgan fingerprint density at radius 1 is 1.24 bits per heavy atom. The number of hydrogen-bond donors (Lipinski definition) is 2. The van der Waals surface area contributed by atoms with Gasteiger partial charge in [0.25, 0.3) is 0 Å². The van der Waals surface area contributed by atoms with Crippen molar-refractivity contribution < 1.29 is 13.9 Å². The monoisotopic (exact) mass is 352 g/mol. The van der Waals surface area contributed by atoms with E-state index in [1.54, 1.807) is 12.1 Å². The summed E-state index contributed by atoms with van der Waals surface area (Å²) in [5, 5.41) is 0. The van der Waals surface area contributed by atoms with Gasteiger partial charge in [-0.25, -0.2) is 10.2 Å². The van der Waals surface area contributed by atoms with Gasteiger partial charge in [0.2, 0.25) is 5.91 Å². The number of hydrazine groups is 1. The van der Waals surface area contributed by atoms with Gasteiger partial charge in [0.15, 0.2) is 0 Å². The minimum atomic E-state index is -0.386. The lowest BCUT2D eigenvalue weighted by molar-refractivity contribution is -0.120. The maximum Gasteiger partial charge on any atom is 0.238 e. The summed E-state index contributed by atoms with van der Waals surface area (Å²) in [7, 11) is 0. The second kappa shape index (κ2) is 7.19. The van der Waals surface area contributed by atoms with E-state index >= 15 is 0 Å². The van der Waals surface area contributed by atoms with Crippen LogP contribution in [0.2, 0.25) is 0 Å². The Morgan fingerprint density at radius 2 is 1.95 bits per heavy atom. The number of carbonyl (C=O) groups excluding carboxylic acids is 1. The first-order valence-corrected chi connectivity index (χ1v) is 7.03. The Bertz CT molecular complexity index is 649. The molecule has 0 saturated carbocycles. The number of benzene rings is 2. The molecule has 0 aliphatic carbocycles. The highest BCUT2D eigenvalue weighted by atomic mass is 79.9. The zero-order chi connectivity index (χ0) is 15.2. The van der Waals surface area contributed by atoms with Crippen molar-refractivity contribution in [3.05, 3.63) is 63.9 Å². The van der Waals surface area contributed by atoms with Crippen LogP contribution in [-0.2, 0) is 17.8 Å². The van der Waals surface area contributed by atoms with E-state index in [-0.39, 0.29) is 24.8 Å². The summed E-state index contributed by atoms with van der Waals surface area (Å²) < 4.78 is 19.4. The molecule has 2 rings (SSSR count). The molecule has 1 amide bonds. The molecule has 0 heterocycles. The van der Waals surface area contributed by atoms with Gasteiger partial charge in [-0.15, -0.1) is 0 Å². The van der Waals surface area contributed by atoms with Crippen LogP contribution in [0.4, 0.5) is 4.39 Å². The molecule has 2 aromatic rings. The number of rotatable bonds is 5. The topological polar surface area (TPSA) is 64.3 Å². The van der Waals surface area contributed by atoms with Crippen molar-refractivity contribution in [2.75, 3.05) is 0 Å². The van der Waals surface area contributed by atoms with Crippen LogP contribution in [0.25, 0.3) is 0 Å². The number of carbonyl (C=O) groups is 1. The minimum absolute atomic E-state index is 0.171. The fourth-order valence-electron chi connectivity index (χ4n) is 1.82. The van der Waals surface area contributed by atoms with Crippen molar-refractivity contribution in [1.82, 2.24) is 5.43 Å². The third-order valence-corrected chi connectivity index (χ3v) is 3.56. The molecule has 0 spiro atoms. The van der Waals surface area contributed by atoms with Gasteiger partial charge in [-0.1, -0.05) is 24.3 Å². The van der Waals surface area contributed by atoms with Crippen molar-refractivity contribution in [3.63, 3.8) is 0 Å². The van der Waals surface area contributed by atoms with Crippen LogP contribution in [0.5, 0.6) is 5.75 Å². The van der Waals surface area contributed by atoms with Crippen LogP contribution in [0.1, 0.15) is 11.1 Å². The summed E-state index contributed by atoms with van der Waals surface area (Å²) in [4.78, 5) is 11.4. The zero-order valence-electron chi connectivity index (χ0n) is 11.1. The molecule has 0 atom stereocenters. The van der Waals surface area contributed by atoms with Crippen LogP contribution in [0, 0.1) is 5.82 Å². The number of nitrogens with one attached hydrogen (secondary N) is 1. The number of halogens is 2. The van der Waals surface area contributed by atoms with Gasteiger partial charge in [0, 0.05) is 6.07 Å². The molecule has 0 unspecified atom stereocenters. The summed E-state index contributed by atoms with van der Waals surface area (Å²) >= 11 is 3.09. The lowest BCUT2D eigenvalue weighted by atomic mass is 10.1. The van der Waals surface area contributed by atoms with Crippen LogP contribution >= 0.6 is 15.9 Å². The van der Waals surface area contributed by atoms with Gasteiger partial charge in [-0.05, 0) is 39.2 Å². The molecule has 6 heteroatoms. The quantitative estimate of drug-likeness (QED) is 0.494. The molecular formula is C15H14BrFN2O2. The van der Waals surface area contributed by atoms with Crippen molar-refractivity contribution in [2.24, 2.45) is 5.84 Å². The van der Waals surface area contributed by atoms with E-state index in [0.717, 1.165) is 11.1 Å². The molecular weight excluding hydrogens is 339 g/mol. The highest BCUT2D eigenvalue weighted by molar-refractivity contribution is 9.10. The summed E-state index contributed by atoms with van der Waals surface area (Å²) in [6.45, 7) is 0.245. The van der Waals surface area contributed by atoms with Crippen LogP contribution in [-0.4, -0.2) is 5.91 Å². The molecule has 2 aromatic carbocycles. The largest absolute Gasteiger partial charge is 0.489 e. The molecule has 0 aliphatic heterocycles. The van der Waals surface area contributed by atoms with E-state index in [4.69, 9.17) is 10.6 Å². The van der Waals surface area contributed by atoms with Gasteiger partial charge in [-0.2, -0.15) is 0 Å². The van der Waals surface area contributed by atoms with E-state index < -0.39 is 0 Å². The van der Waals surface area contributed by atoms with Gasteiger partial charge in [-0.3, -0.25) is 10.2 Å². The predicted molar refractivity (Wildman–Crippen MR) is 80.9 cm³/mol. The molecule has 0 fully saturated rings. The maximum atomic E-state index is 13.4. The Hall–Kier alpha value is -1.92. The van der Waals surface area contributed by atoms with E-state index in [9.17, 15) is 9.18 Å². The summed E-state index contributed by atoms with van der Waals surface area (Å²) in [5.74, 6) is 4.85. The summed E-state index contributed by atoms with van der Waals surface area (Å²) in [6.07, 6.45) is 0.171. The number of nitrogens with two attached hydrogens (primary N) is 1. The number of ether oxygens (including phenoxy) is 1. The molecule has 3 N–H and O–H groups in total. The van der Waals surface area contributed by atoms with Crippen LogP contribution in [0.3, 0.4) is 0 Å². The second-order valence-corrected chi connectivity index (χ2v) is 5.23. The fourth-order valence-corrected chi connectivity index (χ4v) is 2.07. The second-order valence-electron chi connectivity index (χ2n) is 4.38. The van der Waals surface area contributed by atoms with Crippen molar-refractivity contribution in [3.8, 4) is 5.75 Å². The van der Waals surface area contributed by atoms with Gasteiger partial charge in [0.05, 0.1) is 10.9 Å². The Balaban J connectivity index is 2.09. The lowest BCUT2D eigenvalue weighted by Gasteiger charge is -2.11. The standard InChI is InChI=1S/C15H14BrFN2O2/c16-13-6-5-12(8-14(13)17)21-9-11-4-2-1-3-10(11)7-15(20)19-18/h1-6,8H,7,9,18H2,(H,19,20). The first-order chi connectivity index (χ1) is 10.1. The molecule has 0 aromatic heterocycles. The minimum Gasteiger partial charge on any atom is -0.489 e. The molecule has 0 aliphatic rings. The first-order valence-electron chi connectivity index (χ1n) is 6.24. The van der Waals surface area contributed by atoms with Gasteiger partial charge >= 0.3 is 0 Å². The van der Waals surface area contributed by atoms with E-state index in [2.05, 4.69) is 21.4 Å². The van der Waals surface area contributed by atoms with Gasteiger partial charge in [0.1, 0.15) is 18.2 Å². The highest BCUT2D eigenvalue weighted by Gasteiger charge is 2.08. The smallest absolute Gasteiger partial charge is 0.238 e. The molecule has 0 saturated heterocycles. The average molecular weight is 353 g/mol. The first kappa shape index (κ1) is 15.5. The highest BCUT2D eigenvalue weighted by Crippen LogP contribution is 2.22. The van der Waals surface area contributed by atoms with Crippen molar-refractivity contribution in [2.45, 2.75) is 13.0 Å². The number of hydrogen-bond acceptors (Lipinski definition) is 3. The van der Waals surface area contributed by atoms with Crippen LogP contribution < -0.4 is 16.0 Å². The fraction of sp³-hybridized carbons (Fsp3) is 0.133. The Kier molecular flexibility index (Phi) is 5.30. The van der Waals surface area contributed by atoms with Gasteiger partial charge < -0.3 is 4.74 Å². The summed E-state index contributed by atoms with van der Waals surface area (Å²) in [5.41, 5.74) is 3.76. The molecule has 4 nitrogen and oxygen atoms in total. The lowest BCUT2D eigenvalue weighted by Crippen LogP contribution is -2.31. The maximum absolute atomic E-state index is 13.4. The SMILES string of the molecule is NNC(=O)Cc1ccccc1COc1ccc(Br)c(F)c1. The molecule has 110 valence electrons. The number of amides is 1. The third-order valence-electron chi connectivity index (χ3n) is 2.92. The molecule has 21 heavy (non-hydrogen) atoms. The zero-order valence-corrected chi connectivity index (χ0v) is 12.7. The van der Waals surface area contributed by atoms with Crippen LogP contribution in [0.15, 0.2) is 46.9 Å². The molecule has 0 bridgehead atoms. The van der Waals surface area contributed by atoms with E-state index in [1.165, 1.54) is 6.07 Å². The summed E-state index contributed by atoms with van der Waals surface area (Å²) in [6, 6.07) is 11.9. The van der Waals surface area contributed by atoms with Crippen molar-refractivity contribution >= 4 is 21.8 Å². The third kappa shape index (κ3) is 4.27.